The van der Waals surface area contributed by atoms with Crippen molar-refractivity contribution in [2.45, 2.75) is 25.9 Å². The Labute approximate surface area is 174 Å². The van der Waals surface area contributed by atoms with Crippen molar-refractivity contribution in [3.8, 4) is 11.5 Å². The average molecular weight is 409 g/mol. The number of hydrogen-bond donors (Lipinski definition) is 1. The van der Waals surface area contributed by atoms with Crippen molar-refractivity contribution in [3.05, 3.63) is 71.5 Å². The molecule has 0 radical (unpaired) electrons. The Morgan fingerprint density at radius 3 is 2.93 bits per heavy atom. The summed E-state index contributed by atoms with van der Waals surface area (Å²) in [5.74, 6) is 1.12. The standard InChI is InChI=1S/C24H24FNO4/c25-20-13-18(24-19(14-20)15-28-16-30-24)10-11-26-23(27)9-4-12-29-22-8-3-6-17-5-1-2-7-21(17)22/h1-3,5-8,13-14H,4,9-12,15-16H2,(H,26,27). The molecule has 1 aliphatic rings. The molecule has 1 N–H and O–H groups in total. The van der Waals surface area contributed by atoms with Crippen molar-refractivity contribution in [1.82, 2.24) is 5.32 Å². The molecular weight excluding hydrogens is 385 g/mol. The summed E-state index contributed by atoms with van der Waals surface area (Å²) >= 11 is 0. The summed E-state index contributed by atoms with van der Waals surface area (Å²) in [7, 11) is 0. The van der Waals surface area contributed by atoms with Crippen LogP contribution in [0.5, 0.6) is 11.5 Å². The number of nitrogens with one attached hydrogen (secondary N) is 1. The lowest BCUT2D eigenvalue weighted by Gasteiger charge is -2.21. The Kier molecular flexibility index (Phi) is 6.44. The molecule has 0 unspecified atom stereocenters. The van der Waals surface area contributed by atoms with Crippen molar-refractivity contribution >= 4 is 16.7 Å². The van der Waals surface area contributed by atoms with E-state index in [0.29, 0.717) is 50.3 Å². The van der Waals surface area contributed by atoms with E-state index in [1.807, 2.05) is 42.5 Å². The topological polar surface area (TPSA) is 56.8 Å². The number of halogens is 1. The lowest BCUT2D eigenvalue weighted by Crippen LogP contribution is -2.26. The predicted octanol–water partition coefficient (Wildman–Crippen LogP) is 4.36. The summed E-state index contributed by atoms with van der Waals surface area (Å²) in [5, 5.41) is 5.07. The van der Waals surface area contributed by atoms with E-state index in [1.165, 1.54) is 12.1 Å². The summed E-state index contributed by atoms with van der Waals surface area (Å²) in [5.41, 5.74) is 1.45. The maximum Gasteiger partial charge on any atom is 0.220 e. The van der Waals surface area contributed by atoms with E-state index in [9.17, 15) is 9.18 Å². The van der Waals surface area contributed by atoms with Gasteiger partial charge in [-0.05, 0) is 42.0 Å². The highest BCUT2D eigenvalue weighted by atomic mass is 19.1. The third kappa shape index (κ3) is 4.89. The largest absolute Gasteiger partial charge is 0.493 e. The van der Waals surface area contributed by atoms with E-state index in [-0.39, 0.29) is 18.5 Å². The molecule has 156 valence electrons. The Morgan fingerprint density at radius 2 is 2.00 bits per heavy atom. The Morgan fingerprint density at radius 1 is 1.13 bits per heavy atom. The smallest absolute Gasteiger partial charge is 0.220 e. The molecule has 0 spiro atoms. The van der Waals surface area contributed by atoms with Gasteiger partial charge in [-0.15, -0.1) is 0 Å². The lowest BCUT2D eigenvalue weighted by molar-refractivity contribution is -0.121. The molecule has 0 atom stereocenters. The van der Waals surface area contributed by atoms with Crippen LogP contribution in [0.3, 0.4) is 0 Å². The highest BCUT2D eigenvalue weighted by molar-refractivity contribution is 5.88. The van der Waals surface area contributed by atoms with Crippen LogP contribution >= 0.6 is 0 Å². The fourth-order valence-corrected chi connectivity index (χ4v) is 3.60. The fraction of sp³-hybridized carbons (Fsp3) is 0.292. The zero-order valence-electron chi connectivity index (χ0n) is 16.7. The fourth-order valence-electron chi connectivity index (χ4n) is 3.60. The van der Waals surface area contributed by atoms with Crippen molar-refractivity contribution in [1.29, 1.82) is 0 Å². The van der Waals surface area contributed by atoms with E-state index >= 15 is 0 Å². The Hall–Kier alpha value is -3.12. The van der Waals surface area contributed by atoms with Crippen molar-refractivity contribution < 1.29 is 23.4 Å². The van der Waals surface area contributed by atoms with E-state index < -0.39 is 0 Å². The maximum absolute atomic E-state index is 13.8. The first-order valence-electron chi connectivity index (χ1n) is 10.1. The van der Waals surface area contributed by atoms with Crippen LogP contribution < -0.4 is 14.8 Å². The minimum absolute atomic E-state index is 0.0500. The number of carbonyl (C=O) groups excluding carboxylic acids is 1. The lowest BCUT2D eigenvalue weighted by atomic mass is 10.1. The quantitative estimate of drug-likeness (QED) is 0.562. The van der Waals surface area contributed by atoms with Gasteiger partial charge in [0, 0.05) is 23.9 Å². The molecule has 3 aromatic rings. The number of carbonyl (C=O) groups is 1. The second-order valence-electron chi connectivity index (χ2n) is 7.19. The number of benzene rings is 3. The van der Waals surface area contributed by atoms with Gasteiger partial charge in [-0.25, -0.2) is 4.39 Å². The Balaban J connectivity index is 1.21. The van der Waals surface area contributed by atoms with Crippen LogP contribution in [-0.4, -0.2) is 25.9 Å². The summed E-state index contributed by atoms with van der Waals surface area (Å²) in [6.45, 7) is 1.38. The molecule has 0 aliphatic carbocycles. The van der Waals surface area contributed by atoms with Crippen molar-refractivity contribution in [3.63, 3.8) is 0 Å². The molecule has 1 aliphatic heterocycles. The van der Waals surface area contributed by atoms with Gasteiger partial charge in [0.05, 0.1) is 13.2 Å². The van der Waals surface area contributed by atoms with Gasteiger partial charge in [-0.1, -0.05) is 36.4 Å². The number of hydrogen-bond acceptors (Lipinski definition) is 4. The molecule has 0 fully saturated rings. The van der Waals surface area contributed by atoms with Gasteiger partial charge in [0.1, 0.15) is 17.3 Å². The van der Waals surface area contributed by atoms with E-state index in [1.54, 1.807) is 0 Å². The van der Waals surface area contributed by atoms with Gasteiger partial charge in [-0.2, -0.15) is 0 Å². The number of rotatable bonds is 8. The van der Waals surface area contributed by atoms with Crippen LogP contribution in [0.15, 0.2) is 54.6 Å². The summed E-state index contributed by atoms with van der Waals surface area (Å²) in [6.07, 6.45) is 1.49. The first kappa shape index (κ1) is 20.2. The monoisotopic (exact) mass is 409 g/mol. The predicted molar refractivity (Wildman–Crippen MR) is 112 cm³/mol. The maximum atomic E-state index is 13.8. The third-order valence-electron chi connectivity index (χ3n) is 5.02. The number of fused-ring (bicyclic) bond motifs is 2. The summed E-state index contributed by atoms with van der Waals surface area (Å²) < 4.78 is 30.3. The molecule has 0 saturated heterocycles. The molecule has 0 saturated carbocycles. The van der Waals surface area contributed by atoms with Crippen LogP contribution in [0.4, 0.5) is 4.39 Å². The highest BCUT2D eigenvalue weighted by Crippen LogP contribution is 2.29. The molecule has 0 aromatic heterocycles. The SMILES string of the molecule is O=C(CCCOc1cccc2ccccc12)NCCc1cc(F)cc2c1OCOC2. The van der Waals surface area contributed by atoms with Gasteiger partial charge in [-0.3, -0.25) is 4.79 Å². The van der Waals surface area contributed by atoms with Crippen molar-refractivity contribution in [2.75, 3.05) is 19.9 Å². The summed E-state index contributed by atoms with van der Waals surface area (Å²) in [4.78, 5) is 12.1. The van der Waals surface area contributed by atoms with Gasteiger partial charge >= 0.3 is 0 Å². The Bertz CT molecular complexity index is 1030. The van der Waals surface area contributed by atoms with E-state index in [0.717, 1.165) is 22.1 Å². The molecular formula is C24H24FNO4. The van der Waals surface area contributed by atoms with Crippen LogP contribution in [0.1, 0.15) is 24.0 Å². The molecule has 6 heteroatoms. The molecule has 1 amide bonds. The van der Waals surface area contributed by atoms with Gasteiger partial charge in [0.15, 0.2) is 6.79 Å². The van der Waals surface area contributed by atoms with Gasteiger partial charge in [0.2, 0.25) is 5.91 Å². The van der Waals surface area contributed by atoms with Gasteiger partial charge < -0.3 is 19.5 Å². The zero-order valence-corrected chi connectivity index (χ0v) is 16.7. The molecule has 1 heterocycles. The van der Waals surface area contributed by atoms with Crippen LogP contribution in [0, 0.1) is 5.82 Å². The number of ether oxygens (including phenoxy) is 3. The molecule has 0 bridgehead atoms. The van der Waals surface area contributed by atoms with Crippen molar-refractivity contribution in [2.24, 2.45) is 0 Å². The summed E-state index contributed by atoms with van der Waals surface area (Å²) in [6, 6.07) is 16.9. The molecule has 3 aromatic carbocycles. The first-order valence-corrected chi connectivity index (χ1v) is 10.1. The molecule has 5 nitrogen and oxygen atoms in total. The normalized spacial score (nSPS) is 12.8. The first-order chi connectivity index (χ1) is 14.7. The van der Waals surface area contributed by atoms with Crippen LogP contribution in [-0.2, 0) is 22.6 Å². The molecule has 4 rings (SSSR count). The second-order valence-corrected chi connectivity index (χ2v) is 7.19. The van der Waals surface area contributed by atoms with Crippen LogP contribution in [0.2, 0.25) is 0 Å². The van der Waals surface area contributed by atoms with Crippen LogP contribution in [0.25, 0.3) is 10.8 Å². The second kappa shape index (κ2) is 9.59. The van der Waals surface area contributed by atoms with E-state index in [4.69, 9.17) is 14.2 Å². The number of amides is 1. The molecule has 30 heavy (non-hydrogen) atoms. The minimum Gasteiger partial charge on any atom is -0.493 e. The highest BCUT2D eigenvalue weighted by Gasteiger charge is 2.17. The average Bonchev–Trinajstić information content (AvgIpc) is 2.76. The minimum atomic E-state index is -0.324. The third-order valence-corrected chi connectivity index (χ3v) is 5.02. The van der Waals surface area contributed by atoms with Gasteiger partial charge in [0.25, 0.3) is 0 Å². The zero-order chi connectivity index (χ0) is 20.8. The van der Waals surface area contributed by atoms with E-state index in [2.05, 4.69) is 5.32 Å².